The van der Waals surface area contributed by atoms with E-state index >= 15 is 0 Å². The van der Waals surface area contributed by atoms with E-state index in [1.807, 2.05) is 0 Å². The molecule has 0 bridgehead atoms. The van der Waals surface area contributed by atoms with Gasteiger partial charge in [0, 0.05) is 46.9 Å². The second-order valence-corrected chi connectivity index (χ2v) is 6.75. The normalized spacial score (nSPS) is 19.4. The minimum absolute atomic E-state index is 0.0557. The Kier molecular flexibility index (Phi) is 6.13. The lowest BCUT2D eigenvalue weighted by molar-refractivity contribution is 0.240. The molecule has 0 aromatic heterocycles. The van der Waals surface area contributed by atoms with Gasteiger partial charge in [-0.15, -0.1) is 0 Å². The van der Waals surface area contributed by atoms with Gasteiger partial charge in [-0.25, -0.2) is 13.6 Å². The molecule has 2 amide bonds. The molecule has 2 unspecified atom stereocenters. The molecule has 8 heteroatoms. The number of hydrogen-bond acceptors (Lipinski definition) is 3. The van der Waals surface area contributed by atoms with Gasteiger partial charge in [0.1, 0.15) is 17.4 Å². The van der Waals surface area contributed by atoms with E-state index < -0.39 is 29.6 Å². The van der Waals surface area contributed by atoms with Crippen molar-refractivity contribution in [3.05, 3.63) is 58.6 Å². The number of urea groups is 1. The molecule has 0 saturated carbocycles. The van der Waals surface area contributed by atoms with Gasteiger partial charge in [-0.05, 0) is 37.2 Å². The molecule has 1 aliphatic heterocycles. The van der Waals surface area contributed by atoms with Crippen molar-refractivity contribution in [2.75, 3.05) is 25.5 Å². The van der Waals surface area contributed by atoms with Crippen LogP contribution < -0.4 is 20.7 Å². The third-order valence-corrected chi connectivity index (χ3v) is 4.81. The van der Waals surface area contributed by atoms with Crippen molar-refractivity contribution in [1.29, 1.82) is 0 Å². The Balaban J connectivity index is 1.76. The molecule has 2 atom stereocenters. The van der Waals surface area contributed by atoms with E-state index in [-0.39, 0.29) is 11.3 Å². The molecule has 1 saturated heterocycles. The lowest BCUT2D eigenvalue weighted by Gasteiger charge is -2.33. The zero-order valence-electron chi connectivity index (χ0n) is 14.7. The Morgan fingerprint density at radius 3 is 2.52 bits per heavy atom. The SMILES string of the molecule is COc1cc(F)c(C2CNCCC2NC(=O)Nc2ccc(Cl)cc2)c(F)c1. The maximum atomic E-state index is 14.5. The molecule has 3 N–H and O–H groups in total. The van der Waals surface area contributed by atoms with Gasteiger partial charge in [-0.1, -0.05) is 11.6 Å². The van der Waals surface area contributed by atoms with E-state index in [4.69, 9.17) is 16.3 Å². The smallest absolute Gasteiger partial charge is 0.319 e. The van der Waals surface area contributed by atoms with Gasteiger partial charge in [-0.3, -0.25) is 0 Å². The first-order valence-electron chi connectivity index (χ1n) is 8.54. The number of carbonyl (C=O) groups is 1. The molecule has 0 spiro atoms. The number of anilines is 1. The molecule has 1 fully saturated rings. The summed E-state index contributed by atoms with van der Waals surface area (Å²) < 4.78 is 33.9. The summed E-state index contributed by atoms with van der Waals surface area (Å²) in [6.07, 6.45) is 0.545. The summed E-state index contributed by atoms with van der Waals surface area (Å²) in [5, 5.41) is 9.21. The van der Waals surface area contributed by atoms with Gasteiger partial charge in [0.25, 0.3) is 0 Å². The van der Waals surface area contributed by atoms with Gasteiger partial charge in [0.05, 0.1) is 7.11 Å². The Morgan fingerprint density at radius 1 is 1.22 bits per heavy atom. The van der Waals surface area contributed by atoms with Crippen LogP contribution in [0, 0.1) is 11.6 Å². The number of amides is 2. The monoisotopic (exact) mass is 395 g/mol. The highest BCUT2D eigenvalue weighted by Crippen LogP contribution is 2.31. The summed E-state index contributed by atoms with van der Waals surface area (Å²) in [4.78, 5) is 12.3. The van der Waals surface area contributed by atoms with Crippen molar-refractivity contribution < 1.29 is 18.3 Å². The third-order valence-electron chi connectivity index (χ3n) is 4.56. The van der Waals surface area contributed by atoms with E-state index in [0.717, 1.165) is 12.1 Å². The second-order valence-electron chi connectivity index (χ2n) is 6.32. The highest BCUT2D eigenvalue weighted by atomic mass is 35.5. The fourth-order valence-electron chi connectivity index (χ4n) is 3.24. The first-order valence-corrected chi connectivity index (χ1v) is 8.92. The number of halogens is 3. The summed E-state index contributed by atoms with van der Waals surface area (Å²) in [6, 6.07) is 8.10. The van der Waals surface area contributed by atoms with Crippen LogP contribution in [0.1, 0.15) is 17.9 Å². The van der Waals surface area contributed by atoms with Crippen LogP contribution in [0.25, 0.3) is 0 Å². The van der Waals surface area contributed by atoms with Crippen LogP contribution in [0.15, 0.2) is 36.4 Å². The van der Waals surface area contributed by atoms with Crippen LogP contribution in [0.3, 0.4) is 0 Å². The zero-order valence-corrected chi connectivity index (χ0v) is 15.4. The fourth-order valence-corrected chi connectivity index (χ4v) is 3.36. The Hall–Kier alpha value is -2.38. The summed E-state index contributed by atoms with van der Waals surface area (Å²) >= 11 is 5.83. The van der Waals surface area contributed by atoms with Crippen molar-refractivity contribution in [3.63, 3.8) is 0 Å². The van der Waals surface area contributed by atoms with Crippen molar-refractivity contribution in [2.45, 2.75) is 18.4 Å². The lowest BCUT2D eigenvalue weighted by atomic mass is 9.86. The topological polar surface area (TPSA) is 62.4 Å². The highest BCUT2D eigenvalue weighted by Gasteiger charge is 2.32. The molecule has 27 heavy (non-hydrogen) atoms. The summed E-state index contributed by atoms with van der Waals surface area (Å²) in [5.41, 5.74) is 0.518. The zero-order chi connectivity index (χ0) is 19.4. The average molecular weight is 396 g/mol. The van der Waals surface area contributed by atoms with E-state index in [0.29, 0.717) is 30.2 Å². The fraction of sp³-hybridized carbons (Fsp3) is 0.316. The first-order chi connectivity index (χ1) is 13.0. The van der Waals surface area contributed by atoms with Gasteiger partial charge in [-0.2, -0.15) is 0 Å². The quantitative estimate of drug-likeness (QED) is 0.736. The van der Waals surface area contributed by atoms with Crippen LogP contribution in [-0.4, -0.2) is 32.3 Å². The number of methoxy groups -OCH3 is 1. The van der Waals surface area contributed by atoms with Crippen LogP contribution in [0.5, 0.6) is 5.75 Å². The number of piperidine rings is 1. The van der Waals surface area contributed by atoms with Gasteiger partial charge < -0.3 is 20.7 Å². The standard InChI is InChI=1S/C19H20ClF2N3O2/c1-27-13-8-15(21)18(16(22)9-13)14-10-23-7-6-17(14)25-19(26)24-12-4-2-11(20)3-5-12/h2-5,8-9,14,17,23H,6-7,10H2,1H3,(H2,24,25,26). The second kappa shape index (κ2) is 8.54. The van der Waals surface area contributed by atoms with Crippen LogP contribution >= 0.6 is 11.6 Å². The first kappa shape index (κ1) is 19.4. The number of nitrogens with one attached hydrogen (secondary N) is 3. The highest BCUT2D eigenvalue weighted by molar-refractivity contribution is 6.30. The molecule has 1 aliphatic rings. The molecule has 1 heterocycles. The van der Waals surface area contributed by atoms with Gasteiger partial charge in [0.15, 0.2) is 0 Å². The molecule has 3 rings (SSSR count). The maximum Gasteiger partial charge on any atom is 0.319 e. The number of benzene rings is 2. The molecule has 144 valence electrons. The minimum Gasteiger partial charge on any atom is -0.497 e. The largest absolute Gasteiger partial charge is 0.497 e. The minimum atomic E-state index is -0.689. The molecular formula is C19H20ClF2N3O2. The van der Waals surface area contributed by atoms with Crippen molar-refractivity contribution in [1.82, 2.24) is 10.6 Å². The Morgan fingerprint density at radius 2 is 1.89 bits per heavy atom. The maximum absolute atomic E-state index is 14.5. The molecule has 2 aromatic rings. The number of ether oxygens (including phenoxy) is 1. The van der Waals surface area contributed by atoms with Gasteiger partial charge in [0.2, 0.25) is 0 Å². The Bertz CT molecular complexity index is 794. The van der Waals surface area contributed by atoms with E-state index in [1.165, 1.54) is 7.11 Å². The molecule has 2 aromatic carbocycles. The molecule has 0 aliphatic carbocycles. The number of rotatable bonds is 4. The van der Waals surface area contributed by atoms with Gasteiger partial charge >= 0.3 is 6.03 Å². The van der Waals surface area contributed by atoms with Crippen LogP contribution in [-0.2, 0) is 0 Å². The van der Waals surface area contributed by atoms with Crippen molar-refractivity contribution in [3.8, 4) is 5.75 Å². The van der Waals surface area contributed by atoms with Crippen molar-refractivity contribution in [2.24, 2.45) is 0 Å². The average Bonchev–Trinajstić information content (AvgIpc) is 2.64. The summed E-state index contributed by atoms with van der Waals surface area (Å²) in [6.45, 7) is 0.994. The summed E-state index contributed by atoms with van der Waals surface area (Å²) in [7, 11) is 1.35. The van der Waals surface area contributed by atoms with Crippen LogP contribution in [0.2, 0.25) is 5.02 Å². The summed E-state index contributed by atoms with van der Waals surface area (Å²) in [5.74, 6) is -1.81. The Labute approximate surface area is 161 Å². The predicted octanol–water partition coefficient (Wildman–Crippen LogP) is 3.89. The van der Waals surface area contributed by atoms with E-state index in [2.05, 4.69) is 16.0 Å². The molecule has 0 radical (unpaired) electrons. The predicted molar refractivity (Wildman–Crippen MR) is 101 cm³/mol. The van der Waals surface area contributed by atoms with E-state index in [9.17, 15) is 13.6 Å². The molecular weight excluding hydrogens is 376 g/mol. The third kappa shape index (κ3) is 4.67. The number of carbonyl (C=O) groups excluding carboxylic acids is 1. The lowest BCUT2D eigenvalue weighted by Crippen LogP contribution is -2.49. The van der Waals surface area contributed by atoms with E-state index in [1.54, 1.807) is 24.3 Å². The van der Waals surface area contributed by atoms with Crippen molar-refractivity contribution >= 4 is 23.3 Å². The van der Waals surface area contributed by atoms with Crippen LogP contribution in [0.4, 0.5) is 19.3 Å². The molecule has 5 nitrogen and oxygen atoms in total. The number of hydrogen-bond donors (Lipinski definition) is 3.